The van der Waals surface area contributed by atoms with Gasteiger partial charge in [-0.2, -0.15) is 0 Å². The molecule has 2 heteroatoms. The van der Waals surface area contributed by atoms with Crippen molar-refractivity contribution in [3.05, 3.63) is 12.2 Å². The molecule has 0 aliphatic heterocycles. The zero-order valence-electron chi connectivity index (χ0n) is 7.83. The molecule has 0 saturated heterocycles. The Labute approximate surface area is 73.9 Å². The Morgan fingerprint density at radius 3 is 2.50 bits per heavy atom. The highest BCUT2D eigenvalue weighted by atomic mass is 16.3. The Kier molecular flexibility index (Phi) is 2.91. The summed E-state index contributed by atoms with van der Waals surface area (Å²) < 4.78 is 0. The predicted molar refractivity (Wildman–Crippen MR) is 48.7 cm³/mol. The molecule has 12 heavy (non-hydrogen) atoms. The first-order valence-corrected chi connectivity index (χ1v) is 4.52. The fraction of sp³-hybridized carbons (Fsp3) is 0.800. The average molecular weight is 170 g/mol. The molecule has 1 aliphatic carbocycles. The van der Waals surface area contributed by atoms with E-state index in [2.05, 4.69) is 6.58 Å². The topological polar surface area (TPSA) is 40.5 Å². The van der Waals surface area contributed by atoms with E-state index in [9.17, 15) is 5.11 Å². The van der Waals surface area contributed by atoms with Crippen molar-refractivity contribution in [2.75, 3.05) is 6.61 Å². The molecule has 0 spiro atoms. The molecule has 0 heterocycles. The number of hydrogen-bond donors (Lipinski definition) is 2. The number of aliphatic hydroxyl groups is 2. The summed E-state index contributed by atoms with van der Waals surface area (Å²) in [5, 5.41) is 18.7. The number of hydrogen-bond acceptors (Lipinski definition) is 2. The van der Waals surface area contributed by atoms with Crippen LogP contribution in [0.3, 0.4) is 0 Å². The van der Waals surface area contributed by atoms with Crippen molar-refractivity contribution in [3.63, 3.8) is 0 Å². The quantitative estimate of drug-likeness (QED) is 0.611. The minimum Gasteiger partial charge on any atom is -0.396 e. The molecule has 1 fully saturated rings. The van der Waals surface area contributed by atoms with E-state index in [1.807, 2.05) is 13.8 Å². The summed E-state index contributed by atoms with van der Waals surface area (Å²) in [7, 11) is 0. The number of rotatable bonds is 2. The van der Waals surface area contributed by atoms with E-state index in [1.165, 1.54) is 0 Å². The van der Waals surface area contributed by atoms with Crippen LogP contribution in [0.2, 0.25) is 0 Å². The third-order valence-electron chi connectivity index (χ3n) is 3.14. The molecule has 0 bridgehead atoms. The van der Waals surface area contributed by atoms with Gasteiger partial charge in [-0.3, -0.25) is 0 Å². The Morgan fingerprint density at radius 1 is 1.58 bits per heavy atom. The summed E-state index contributed by atoms with van der Waals surface area (Å²) in [6, 6.07) is 0. The lowest BCUT2D eigenvalue weighted by molar-refractivity contribution is 0.107. The van der Waals surface area contributed by atoms with Crippen molar-refractivity contribution >= 4 is 0 Å². The van der Waals surface area contributed by atoms with E-state index in [4.69, 9.17) is 5.11 Å². The molecule has 0 aromatic carbocycles. The SMILES string of the molecule is C=C(C)[C@H]1C[C@H](O)[C@H](C)[C@H]1CO. The maximum Gasteiger partial charge on any atom is 0.0575 e. The van der Waals surface area contributed by atoms with Crippen LogP contribution in [0, 0.1) is 17.8 Å². The van der Waals surface area contributed by atoms with Crippen LogP contribution in [-0.4, -0.2) is 22.9 Å². The van der Waals surface area contributed by atoms with E-state index >= 15 is 0 Å². The van der Waals surface area contributed by atoms with Crippen LogP contribution in [-0.2, 0) is 0 Å². The molecule has 0 aromatic rings. The van der Waals surface area contributed by atoms with E-state index < -0.39 is 0 Å². The molecule has 1 aliphatic rings. The lowest BCUT2D eigenvalue weighted by Gasteiger charge is -2.20. The minimum absolute atomic E-state index is 0.162. The van der Waals surface area contributed by atoms with Crippen molar-refractivity contribution in [2.24, 2.45) is 17.8 Å². The zero-order chi connectivity index (χ0) is 9.30. The van der Waals surface area contributed by atoms with Gasteiger partial charge in [-0.1, -0.05) is 19.1 Å². The second-order valence-electron chi connectivity index (χ2n) is 3.96. The van der Waals surface area contributed by atoms with Crippen molar-refractivity contribution in [1.82, 2.24) is 0 Å². The molecule has 0 aromatic heterocycles. The van der Waals surface area contributed by atoms with Gasteiger partial charge in [-0.15, -0.1) is 0 Å². The first kappa shape index (κ1) is 9.75. The third kappa shape index (κ3) is 1.54. The summed E-state index contributed by atoms with van der Waals surface area (Å²) in [5.41, 5.74) is 1.08. The van der Waals surface area contributed by atoms with Crippen LogP contribution in [0.4, 0.5) is 0 Å². The van der Waals surface area contributed by atoms with Gasteiger partial charge in [-0.25, -0.2) is 0 Å². The lowest BCUT2D eigenvalue weighted by atomic mass is 9.87. The van der Waals surface area contributed by atoms with E-state index in [1.54, 1.807) is 0 Å². The standard InChI is InChI=1S/C10H18O2/c1-6(2)8-4-10(12)7(3)9(8)5-11/h7-12H,1,4-5H2,2-3H3/t7-,8-,9-,10+/m1/s1. The van der Waals surface area contributed by atoms with Crippen molar-refractivity contribution in [3.8, 4) is 0 Å². The highest BCUT2D eigenvalue weighted by Crippen LogP contribution is 2.40. The number of allylic oxidation sites excluding steroid dienone is 1. The fourth-order valence-corrected chi connectivity index (χ4v) is 2.16. The molecular formula is C10H18O2. The molecule has 2 nitrogen and oxygen atoms in total. The highest BCUT2D eigenvalue weighted by molar-refractivity contribution is 5.05. The van der Waals surface area contributed by atoms with Crippen LogP contribution < -0.4 is 0 Å². The van der Waals surface area contributed by atoms with Gasteiger partial charge in [0.25, 0.3) is 0 Å². The van der Waals surface area contributed by atoms with E-state index in [0.717, 1.165) is 12.0 Å². The van der Waals surface area contributed by atoms with Gasteiger partial charge in [0.1, 0.15) is 0 Å². The summed E-state index contributed by atoms with van der Waals surface area (Å²) in [6.45, 7) is 8.01. The predicted octanol–water partition coefficient (Wildman–Crippen LogP) is 1.19. The smallest absolute Gasteiger partial charge is 0.0575 e. The van der Waals surface area contributed by atoms with Gasteiger partial charge in [0.15, 0.2) is 0 Å². The van der Waals surface area contributed by atoms with E-state index in [0.29, 0.717) is 5.92 Å². The van der Waals surface area contributed by atoms with Crippen LogP contribution in [0.1, 0.15) is 20.3 Å². The monoisotopic (exact) mass is 170 g/mol. The highest BCUT2D eigenvalue weighted by Gasteiger charge is 2.39. The van der Waals surface area contributed by atoms with Gasteiger partial charge in [0.2, 0.25) is 0 Å². The summed E-state index contributed by atoms with van der Waals surface area (Å²) >= 11 is 0. The molecule has 1 rings (SSSR count). The Balaban J connectivity index is 2.71. The summed E-state index contributed by atoms with van der Waals surface area (Å²) in [4.78, 5) is 0. The Hall–Kier alpha value is -0.340. The molecule has 1 saturated carbocycles. The van der Waals surface area contributed by atoms with Gasteiger partial charge < -0.3 is 10.2 Å². The second kappa shape index (κ2) is 3.58. The maximum absolute atomic E-state index is 9.57. The van der Waals surface area contributed by atoms with Gasteiger partial charge >= 0.3 is 0 Å². The van der Waals surface area contributed by atoms with Gasteiger partial charge in [0.05, 0.1) is 6.10 Å². The first-order valence-electron chi connectivity index (χ1n) is 4.52. The van der Waals surface area contributed by atoms with Crippen LogP contribution in [0.15, 0.2) is 12.2 Å². The molecule has 4 atom stereocenters. The average Bonchev–Trinajstić information content (AvgIpc) is 2.29. The molecule has 0 amide bonds. The third-order valence-corrected chi connectivity index (χ3v) is 3.14. The molecular weight excluding hydrogens is 152 g/mol. The normalized spacial score (nSPS) is 41.7. The fourth-order valence-electron chi connectivity index (χ4n) is 2.16. The van der Waals surface area contributed by atoms with Crippen molar-refractivity contribution in [2.45, 2.75) is 26.4 Å². The van der Waals surface area contributed by atoms with E-state index in [-0.39, 0.29) is 24.5 Å². The van der Waals surface area contributed by atoms with Crippen LogP contribution in [0.25, 0.3) is 0 Å². The minimum atomic E-state index is -0.260. The largest absolute Gasteiger partial charge is 0.396 e. The zero-order valence-corrected chi connectivity index (χ0v) is 7.83. The lowest BCUT2D eigenvalue weighted by Crippen LogP contribution is -2.20. The molecule has 0 radical (unpaired) electrons. The maximum atomic E-state index is 9.57. The second-order valence-corrected chi connectivity index (χ2v) is 3.96. The molecule has 2 N–H and O–H groups in total. The Bertz CT molecular complexity index is 177. The number of aliphatic hydroxyl groups excluding tert-OH is 2. The summed E-state index contributed by atoms with van der Waals surface area (Å²) in [6.07, 6.45) is 0.505. The van der Waals surface area contributed by atoms with Crippen molar-refractivity contribution < 1.29 is 10.2 Å². The van der Waals surface area contributed by atoms with Crippen LogP contribution in [0.5, 0.6) is 0 Å². The van der Waals surface area contributed by atoms with Crippen LogP contribution >= 0.6 is 0 Å². The molecule has 0 unspecified atom stereocenters. The Morgan fingerprint density at radius 2 is 2.17 bits per heavy atom. The summed E-state index contributed by atoms with van der Waals surface area (Å²) in [5.74, 6) is 0.717. The van der Waals surface area contributed by atoms with Crippen molar-refractivity contribution in [1.29, 1.82) is 0 Å². The molecule has 70 valence electrons. The first-order chi connectivity index (χ1) is 5.57. The van der Waals surface area contributed by atoms with Gasteiger partial charge in [0, 0.05) is 6.61 Å². The van der Waals surface area contributed by atoms with Gasteiger partial charge in [-0.05, 0) is 31.1 Å².